The number of benzene rings is 2. The van der Waals surface area contributed by atoms with Crippen molar-refractivity contribution in [3.63, 3.8) is 0 Å². The minimum absolute atomic E-state index is 0.0644. The average molecular weight is 356 g/mol. The summed E-state index contributed by atoms with van der Waals surface area (Å²) in [5.74, 6) is 1.65. The molecule has 0 bridgehead atoms. The number of methoxy groups -OCH3 is 2. The van der Waals surface area contributed by atoms with Gasteiger partial charge >= 0.3 is 0 Å². The second kappa shape index (κ2) is 7.85. The fourth-order valence-electron chi connectivity index (χ4n) is 2.19. The van der Waals surface area contributed by atoms with E-state index in [1.165, 1.54) is 18.9 Å². The van der Waals surface area contributed by atoms with Crippen molar-refractivity contribution < 1.29 is 18.7 Å². The van der Waals surface area contributed by atoms with Crippen LogP contribution in [0.15, 0.2) is 58.2 Å². The molecular weight excluding hydrogens is 340 g/mol. The van der Waals surface area contributed by atoms with Crippen LogP contribution in [0.5, 0.6) is 11.5 Å². The molecular formula is C18H16N2O4S. The van der Waals surface area contributed by atoms with Crippen molar-refractivity contribution in [1.82, 2.24) is 10.2 Å². The van der Waals surface area contributed by atoms with Crippen LogP contribution in [-0.2, 0) is 0 Å². The molecule has 0 saturated heterocycles. The molecule has 0 aliphatic carbocycles. The molecule has 0 aliphatic rings. The van der Waals surface area contributed by atoms with Gasteiger partial charge in [0, 0.05) is 11.1 Å². The Hall–Kier alpha value is -2.80. The summed E-state index contributed by atoms with van der Waals surface area (Å²) in [7, 11) is 3.08. The molecule has 0 fully saturated rings. The Bertz CT molecular complexity index is 865. The number of Topliss-reactive ketones (excluding diaryl/α,β-unsaturated/α-hetero) is 1. The number of rotatable bonds is 7. The Morgan fingerprint density at radius 1 is 1.04 bits per heavy atom. The lowest BCUT2D eigenvalue weighted by atomic mass is 10.1. The topological polar surface area (TPSA) is 74.5 Å². The molecule has 0 unspecified atom stereocenters. The maximum Gasteiger partial charge on any atom is 0.277 e. The first-order chi connectivity index (χ1) is 12.2. The Morgan fingerprint density at radius 3 is 2.52 bits per heavy atom. The molecule has 0 radical (unpaired) electrons. The van der Waals surface area contributed by atoms with Gasteiger partial charge in [-0.05, 0) is 30.3 Å². The van der Waals surface area contributed by atoms with Crippen LogP contribution in [0, 0.1) is 0 Å². The van der Waals surface area contributed by atoms with Crippen LogP contribution < -0.4 is 9.47 Å². The zero-order valence-electron chi connectivity index (χ0n) is 13.8. The fourth-order valence-corrected chi connectivity index (χ4v) is 2.84. The van der Waals surface area contributed by atoms with Crippen molar-refractivity contribution in [1.29, 1.82) is 0 Å². The summed E-state index contributed by atoms with van der Waals surface area (Å²) < 4.78 is 16.0. The van der Waals surface area contributed by atoms with Crippen molar-refractivity contribution in [2.24, 2.45) is 0 Å². The van der Waals surface area contributed by atoms with E-state index in [9.17, 15) is 4.79 Å². The van der Waals surface area contributed by atoms with Gasteiger partial charge in [0.1, 0.15) is 0 Å². The van der Waals surface area contributed by atoms with E-state index in [1.807, 2.05) is 30.3 Å². The molecule has 1 heterocycles. The van der Waals surface area contributed by atoms with Crippen LogP contribution in [-0.4, -0.2) is 36.0 Å². The molecule has 7 heteroatoms. The third-order valence-corrected chi connectivity index (χ3v) is 4.28. The van der Waals surface area contributed by atoms with Gasteiger partial charge in [0.2, 0.25) is 5.89 Å². The SMILES string of the molecule is COc1ccc(C(=O)CSc2nnc(-c3ccccc3)o2)cc1OC. The Kier molecular flexibility index (Phi) is 5.35. The number of ketones is 1. The maximum atomic E-state index is 12.4. The van der Waals surface area contributed by atoms with Crippen molar-refractivity contribution in [2.45, 2.75) is 5.22 Å². The first kappa shape index (κ1) is 17.0. The molecule has 0 spiro atoms. The summed E-state index contributed by atoms with van der Waals surface area (Å²) >= 11 is 1.20. The molecule has 1 aromatic heterocycles. The molecule has 3 aromatic rings. The number of hydrogen-bond acceptors (Lipinski definition) is 7. The number of nitrogens with zero attached hydrogens (tertiary/aromatic N) is 2. The first-order valence-corrected chi connectivity index (χ1v) is 8.46. The predicted molar refractivity (Wildman–Crippen MR) is 94.3 cm³/mol. The molecule has 25 heavy (non-hydrogen) atoms. The number of carbonyl (C=O) groups is 1. The lowest BCUT2D eigenvalue weighted by Crippen LogP contribution is -2.03. The number of hydrogen-bond donors (Lipinski definition) is 0. The smallest absolute Gasteiger partial charge is 0.277 e. The lowest BCUT2D eigenvalue weighted by molar-refractivity contribution is 0.102. The van der Waals surface area contributed by atoms with Gasteiger partial charge in [-0.3, -0.25) is 4.79 Å². The monoisotopic (exact) mass is 356 g/mol. The highest BCUT2D eigenvalue weighted by molar-refractivity contribution is 7.99. The highest BCUT2D eigenvalue weighted by Crippen LogP contribution is 2.29. The highest BCUT2D eigenvalue weighted by Gasteiger charge is 2.14. The summed E-state index contributed by atoms with van der Waals surface area (Å²) in [5.41, 5.74) is 1.38. The molecule has 2 aromatic carbocycles. The summed E-state index contributed by atoms with van der Waals surface area (Å²) in [6.45, 7) is 0. The second-order valence-electron chi connectivity index (χ2n) is 5.02. The maximum absolute atomic E-state index is 12.4. The van der Waals surface area contributed by atoms with Crippen LogP contribution in [0.1, 0.15) is 10.4 Å². The summed E-state index contributed by atoms with van der Waals surface area (Å²) in [6.07, 6.45) is 0. The number of ether oxygens (including phenoxy) is 2. The van der Waals surface area contributed by atoms with Gasteiger partial charge in [-0.2, -0.15) is 0 Å². The van der Waals surface area contributed by atoms with Gasteiger partial charge in [-0.15, -0.1) is 10.2 Å². The van der Waals surface area contributed by atoms with Crippen LogP contribution in [0.4, 0.5) is 0 Å². The zero-order chi connectivity index (χ0) is 17.6. The van der Waals surface area contributed by atoms with Crippen LogP contribution >= 0.6 is 11.8 Å². The minimum Gasteiger partial charge on any atom is -0.493 e. The quantitative estimate of drug-likeness (QED) is 0.472. The summed E-state index contributed by atoms with van der Waals surface area (Å²) in [5, 5.41) is 8.32. The van der Waals surface area contributed by atoms with Crippen molar-refractivity contribution in [3.05, 3.63) is 54.1 Å². The average Bonchev–Trinajstić information content (AvgIpc) is 3.15. The fraction of sp³-hybridized carbons (Fsp3) is 0.167. The predicted octanol–water partition coefficient (Wildman–Crippen LogP) is 3.73. The molecule has 128 valence electrons. The third kappa shape index (κ3) is 4.00. The Balaban J connectivity index is 1.66. The van der Waals surface area contributed by atoms with E-state index in [0.29, 0.717) is 28.2 Å². The third-order valence-electron chi connectivity index (χ3n) is 3.46. The molecule has 0 aliphatic heterocycles. The van der Waals surface area contributed by atoms with Crippen molar-refractivity contribution >= 4 is 17.5 Å². The van der Waals surface area contributed by atoms with E-state index < -0.39 is 0 Å². The van der Waals surface area contributed by atoms with Gasteiger partial charge in [0.25, 0.3) is 5.22 Å². The number of aromatic nitrogens is 2. The van der Waals surface area contributed by atoms with Crippen molar-refractivity contribution in [3.8, 4) is 23.0 Å². The standard InChI is InChI=1S/C18H16N2O4S/c1-22-15-9-8-13(10-16(15)23-2)14(21)11-25-18-20-19-17(24-18)12-6-4-3-5-7-12/h3-10H,11H2,1-2H3. The van der Waals surface area contributed by atoms with Crippen LogP contribution in [0.3, 0.4) is 0 Å². The van der Waals surface area contributed by atoms with E-state index in [1.54, 1.807) is 25.3 Å². The number of carbonyl (C=O) groups excluding carboxylic acids is 1. The molecule has 0 N–H and O–H groups in total. The highest BCUT2D eigenvalue weighted by atomic mass is 32.2. The lowest BCUT2D eigenvalue weighted by Gasteiger charge is -2.08. The van der Waals surface area contributed by atoms with Gasteiger partial charge < -0.3 is 13.9 Å². The van der Waals surface area contributed by atoms with Gasteiger partial charge in [0.05, 0.1) is 20.0 Å². The second-order valence-corrected chi connectivity index (χ2v) is 5.95. The van der Waals surface area contributed by atoms with Gasteiger partial charge in [-0.1, -0.05) is 30.0 Å². The molecule has 3 rings (SSSR count). The minimum atomic E-state index is -0.0644. The van der Waals surface area contributed by atoms with E-state index >= 15 is 0 Å². The van der Waals surface area contributed by atoms with E-state index in [4.69, 9.17) is 13.9 Å². The van der Waals surface area contributed by atoms with Crippen LogP contribution in [0.25, 0.3) is 11.5 Å². The first-order valence-electron chi connectivity index (χ1n) is 7.48. The zero-order valence-corrected chi connectivity index (χ0v) is 14.6. The summed E-state index contributed by atoms with van der Waals surface area (Å²) in [6, 6.07) is 14.5. The van der Waals surface area contributed by atoms with Gasteiger partial charge in [0.15, 0.2) is 17.3 Å². The summed E-state index contributed by atoms with van der Waals surface area (Å²) in [4.78, 5) is 12.4. The van der Waals surface area contributed by atoms with Gasteiger partial charge in [-0.25, -0.2) is 0 Å². The largest absolute Gasteiger partial charge is 0.493 e. The van der Waals surface area contributed by atoms with E-state index in [0.717, 1.165) is 5.56 Å². The van der Waals surface area contributed by atoms with E-state index in [2.05, 4.69) is 10.2 Å². The number of thioether (sulfide) groups is 1. The normalized spacial score (nSPS) is 10.5. The Labute approximate surface area is 149 Å². The molecule has 0 atom stereocenters. The Morgan fingerprint density at radius 2 is 1.80 bits per heavy atom. The molecule has 6 nitrogen and oxygen atoms in total. The van der Waals surface area contributed by atoms with E-state index in [-0.39, 0.29) is 11.5 Å². The molecule has 0 saturated carbocycles. The molecule has 0 amide bonds. The van der Waals surface area contributed by atoms with Crippen LogP contribution in [0.2, 0.25) is 0 Å². The van der Waals surface area contributed by atoms with Crippen molar-refractivity contribution in [2.75, 3.05) is 20.0 Å².